The Balaban J connectivity index is 1.48. The molecule has 0 aliphatic rings. The maximum atomic E-state index is 12.1. The molecule has 2 amide bonds. The van der Waals surface area contributed by atoms with Crippen molar-refractivity contribution in [2.75, 3.05) is 13.7 Å². The van der Waals surface area contributed by atoms with E-state index in [9.17, 15) is 9.59 Å². The Morgan fingerprint density at radius 2 is 1.82 bits per heavy atom. The minimum atomic E-state index is -0.343. The highest BCUT2D eigenvalue weighted by atomic mass is 79.9. The molecule has 0 bridgehead atoms. The quantitative estimate of drug-likeness (QED) is 0.583. The molecule has 0 radical (unpaired) electrons. The SMILES string of the molecule is COc1cccc(C(=O)NCC(=O)NCc2ccc(-c3ccc(Br)cc3)o2)c1. The molecule has 1 heterocycles. The molecule has 0 aliphatic carbocycles. The van der Waals surface area contributed by atoms with Gasteiger partial charge in [0.15, 0.2) is 0 Å². The van der Waals surface area contributed by atoms with Crippen molar-refractivity contribution in [1.29, 1.82) is 0 Å². The number of nitrogens with one attached hydrogen (secondary N) is 2. The van der Waals surface area contributed by atoms with Crippen molar-refractivity contribution in [1.82, 2.24) is 10.6 Å². The number of furan rings is 1. The largest absolute Gasteiger partial charge is 0.497 e. The van der Waals surface area contributed by atoms with E-state index in [0.717, 1.165) is 15.8 Å². The average Bonchev–Trinajstić information content (AvgIpc) is 3.20. The second-order valence-corrected chi connectivity index (χ2v) is 6.88. The van der Waals surface area contributed by atoms with Gasteiger partial charge in [-0.05, 0) is 42.5 Å². The second kappa shape index (κ2) is 9.23. The second-order valence-electron chi connectivity index (χ2n) is 5.96. The van der Waals surface area contributed by atoms with Crippen LogP contribution >= 0.6 is 15.9 Å². The van der Waals surface area contributed by atoms with Gasteiger partial charge < -0.3 is 19.8 Å². The third-order valence-corrected chi connectivity index (χ3v) is 4.52. The van der Waals surface area contributed by atoms with Gasteiger partial charge in [-0.1, -0.05) is 34.1 Å². The minimum absolute atomic E-state index is 0.129. The molecule has 7 heteroatoms. The fraction of sp³-hybridized carbons (Fsp3) is 0.143. The number of ether oxygens (including phenoxy) is 1. The average molecular weight is 443 g/mol. The number of carbonyl (C=O) groups excluding carboxylic acids is 2. The standard InChI is InChI=1S/C21H19BrN2O4/c1-27-17-4-2-3-15(11-17)21(26)24-13-20(25)23-12-18-9-10-19(28-18)14-5-7-16(22)8-6-14/h2-11H,12-13H2,1H3,(H,23,25)(H,24,26). The van der Waals surface area contributed by atoms with Crippen molar-refractivity contribution in [3.63, 3.8) is 0 Å². The molecule has 0 atom stereocenters. The number of rotatable bonds is 7. The molecular weight excluding hydrogens is 424 g/mol. The predicted molar refractivity (Wildman–Crippen MR) is 109 cm³/mol. The zero-order valence-corrected chi connectivity index (χ0v) is 16.8. The van der Waals surface area contributed by atoms with Crippen LogP contribution in [0, 0.1) is 0 Å². The van der Waals surface area contributed by atoms with Crippen molar-refractivity contribution in [2.45, 2.75) is 6.54 Å². The maximum Gasteiger partial charge on any atom is 0.251 e. The number of hydrogen-bond acceptors (Lipinski definition) is 4. The van der Waals surface area contributed by atoms with Gasteiger partial charge in [0, 0.05) is 15.6 Å². The van der Waals surface area contributed by atoms with Crippen LogP contribution in [0.3, 0.4) is 0 Å². The lowest BCUT2D eigenvalue weighted by Crippen LogP contribution is -2.36. The third-order valence-electron chi connectivity index (χ3n) is 3.99. The van der Waals surface area contributed by atoms with Crippen LogP contribution in [0.2, 0.25) is 0 Å². The van der Waals surface area contributed by atoms with Crippen LogP contribution in [-0.2, 0) is 11.3 Å². The van der Waals surface area contributed by atoms with E-state index in [2.05, 4.69) is 26.6 Å². The van der Waals surface area contributed by atoms with E-state index in [4.69, 9.17) is 9.15 Å². The molecule has 2 aromatic carbocycles. The Hall–Kier alpha value is -3.06. The third kappa shape index (κ3) is 5.23. The van der Waals surface area contributed by atoms with Gasteiger partial charge in [0.1, 0.15) is 17.3 Å². The lowest BCUT2D eigenvalue weighted by atomic mass is 10.2. The summed E-state index contributed by atoms with van der Waals surface area (Å²) in [7, 11) is 1.53. The van der Waals surface area contributed by atoms with E-state index in [0.29, 0.717) is 17.1 Å². The van der Waals surface area contributed by atoms with Gasteiger partial charge in [-0.2, -0.15) is 0 Å². The van der Waals surface area contributed by atoms with Crippen LogP contribution in [0.25, 0.3) is 11.3 Å². The molecule has 1 aromatic heterocycles. The molecule has 3 aromatic rings. The summed E-state index contributed by atoms with van der Waals surface area (Å²) in [5.74, 6) is 1.28. The number of methoxy groups -OCH3 is 1. The first-order chi connectivity index (χ1) is 13.5. The summed E-state index contributed by atoms with van der Waals surface area (Å²) in [6.07, 6.45) is 0. The fourth-order valence-electron chi connectivity index (χ4n) is 2.52. The Bertz CT molecular complexity index is 967. The van der Waals surface area contributed by atoms with E-state index in [1.54, 1.807) is 24.3 Å². The Labute approximate surface area is 171 Å². The van der Waals surface area contributed by atoms with Crippen LogP contribution in [-0.4, -0.2) is 25.5 Å². The normalized spacial score (nSPS) is 10.4. The molecule has 0 spiro atoms. The topological polar surface area (TPSA) is 80.6 Å². The molecule has 0 saturated heterocycles. The lowest BCUT2D eigenvalue weighted by molar-refractivity contribution is -0.120. The monoisotopic (exact) mass is 442 g/mol. The number of halogens is 1. The molecule has 6 nitrogen and oxygen atoms in total. The van der Waals surface area contributed by atoms with Gasteiger partial charge in [-0.25, -0.2) is 0 Å². The van der Waals surface area contributed by atoms with Crippen LogP contribution in [0.1, 0.15) is 16.1 Å². The molecule has 0 aliphatic heterocycles. The molecule has 144 valence electrons. The van der Waals surface area contributed by atoms with Crippen molar-refractivity contribution in [2.24, 2.45) is 0 Å². The van der Waals surface area contributed by atoms with E-state index < -0.39 is 0 Å². The summed E-state index contributed by atoms with van der Waals surface area (Å²) in [5, 5.41) is 5.30. The van der Waals surface area contributed by atoms with Gasteiger partial charge in [-0.15, -0.1) is 0 Å². The Morgan fingerprint density at radius 3 is 2.57 bits per heavy atom. The van der Waals surface area contributed by atoms with Crippen LogP contribution in [0.5, 0.6) is 5.75 Å². The van der Waals surface area contributed by atoms with Gasteiger partial charge in [0.25, 0.3) is 5.91 Å². The summed E-state index contributed by atoms with van der Waals surface area (Å²) in [4.78, 5) is 24.1. The Kier molecular flexibility index (Phi) is 6.49. The van der Waals surface area contributed by atoms with E-state index in [1.807, 2.05) is 36.4 Å². The van der Waals surface area contributed by atoms with Crippen LogP contribution in [0.15, 0.2) is 69.6 Å². The molecule has 28 heavy (non-hydrogen) atoms. The molecule has 2 N–H and O–H groups in total. The van der Waals surface area contributed by atoms with Gasteiger partial charge >= 0.3 is 0 Å². The van der Waals surface area contributed by atoms with Gasteiger partial charge in [0.05, 0.1) is 20.2 Å². The first-order valence-corrected chi connectivity index (χ1v) is 9.38. The van der Waals surface area contributed by atoms with E-state index >= 15 is 0 Å². The van der Waals surface area contributed by atoms with Crippen molar-refractivity contribution < 1.29 is 18.7 Å². The number of benzene rings is 2. The highest BCUT2D eigenvalue weighted by Crippen LogP contribution is 2.23. The smallest absolute Gasteiger partial charge is 0.251 e. The first-order valence-electron chi connectivity index (χ1n) is 8.59. The summed E-state index contributed by atoms with van der Waals surface area (Å²) in [6.45, 7) is 0.112. The number of amides is 2. The summed E-state index contributed by atoms with van der Waals surface area (Å²) >= 11 is 3.40. The summed E-state index contributed by atoms with van der Waals surface area (Å²) < 4.78 is 11.8. The van der Waals surface area contributed by atoms with E-state index in [1.165, 1.54) is 7.11 Å². The zero-order chi connectivity index (χ0) is 19.9. The molecular formula is C21H19BrN2O4. The predicted octanol–water partition coefficient (Wildman–Crippen LogP) is 3.76. The zero-order valence-electron chi connectivity index (χ0n) is 15.2. The van der Waals surface area contributed by atoms with Gasteiger partial charge in [-0.3, -0.25) is 9.59 Å². The highest BCUT2D eigenvalue weighted by Gasteiger charge is 2.10. The maximum absolute atomic E-state index is 12.1. The minimum Gasteiger partial charge on any atom is -0.497 e. The van der Waals surface area contributed by atoms with E-state index in [-0.39, 0.29) is 24.9 Å². The highest BCUT2D eigenvalue weighted by molar-refractivity contribution is 9.10. The van der Waals surface area contributed by atoms with Crippen LogP contribution < -0.4 is 15.4 Å². The fourth-order valence-corrected chi connectivity index (χ4v) is 2.78. The van der Waals surface area contributed by atoms with Crippen molar-refractivity contribution >= 4 is 27.7 Å². The van der Waals surface area contributed by atoms with Crippen molar-refractivity contribution in [3.05, 3.63) is 76.5 Å². The summed E-state index contributed by atoms with van der Waals surface area (Å²) in [5.41, 5.74) is 1.38. The Morgan fingerprint density at radius 1 is 1.04 bits per heavy atom. The first kappa shape index (κ1) is 19.7. The molecule has 0 unspecified atom stereocenters. The molecule has 3 rings (SSSR count). The van der Waals surface area contributed by atoms with Crippen molar-refractivity contribution in [3.8, 4) is 17.1 Å². The summed E-state index contributed by atoms with van der Waals surface area (Å²) in [6, 6.07) is 18.2. The molecule has 0 fully saturated rings. The lowest BCUT2D eigenvalue weighted by Gasteiger charge is -2.07. The number of carbonyl (C=O) groups is 2. The number of hydrogen-bond donors (Lipinski definition) is 2. The van der Waals surface area contributed by atoms with Gasteiger partial charge in [0.2, 0.25) is 5.91 Å². The molecule has 0 saturated carbocycles. The van der Waals surface area contributed by atoms with Crippen LogP contribution in [0.4, 0.5) is 0 Å².